The summed E-state index contributed by atoms with van der Waals surface area (Å²) in [7, 11) is 0. The molecule has 0 radical (unpaired) electrons. The second kappa shape index (κ2) is 5.79. The van der Waals surface area contributed by atoms with Gasteiger partial charge in [-0.15, -0.1) is 11.8 Å². The Morgan fingerprint density at radius 1 is 1.56 bits per heavy atom. The molecule has 1 fully saturated rings. The van der Waals surface area contributed by atoms with Crippen molar-refractivity contribution in [2.45, 2.75) is 24.2 Å². The SMILES string of the molecule is CSc1c(N)nsc1N1CCC(CC(N)=O)CC1. The van der Waals surface area contributed by atoms with Gasteiger partial charge >= 0.3 is 0 Å². The van der Waals surface area contributed by atoms with Crippen molar-refractivity contribution in [2.24, 2.45) is 11.7 Å². The number of anilines is 2. The first-order valence-corrected chi connectivity index (χ1v) is 7.94. The molecule has 1 saturated heterocycles. The Bertz CT molecular complexity index is 427. The molecule has 0 bridgehead atoms. The highest BCUT2D eigenvalue weighted by Crippen LogP contribution is 2.39. The number of aromatic nitrogens is 1. The van der Waals surface area contributed by atoms with Crippen LogP contribution in [0.1, 0.15) is 19.3 Å². The minimum atomic E-state index is -0.194. The van der Waals surface area contributed by atoms with E-state index in [4.69, 9.17) is 11.5 Å². The number of nitrogens with two attached hydrogens (primary N) is 2. The van der Waals surface area contributed by atoms with E-state index in [1.807, 2.05) is 6.26 Å². The van der Waals surface area contributed by atoms with Crippen molar-refractivity contribution in [2.75, 3.05) is 30.0 Å². The van der Waals surface area contributed by atoms with Crippen LogP contribution in [-0.4, -0.2) is 29.6 Å². The van der Waals surface area contributed by atoms with Crippen LogP contribution in [0.4, 0.5) is 10.8 Å². The number of hydrogen-bond acceptors (Lipinski definition) is 6. The zero-order valence-electron chi connectivity index (χ0n) is 10.4. The summed E-state index contributed by atoms with van der Waals surface area (Å²) in [4.78, 5) is 14.3. The molecule has 7 heteroatoms. The maximum Gasteiger partial charge on any atom is 0.217 e. The predicted molar refractivity (Wildman–Crippen MR) is 77.1 cm³/mol. The maximum absolute atomic E-state index is 10.9. The number of nitrogen functional groups attached to an aromatic ring is 1. The van der Waals surface area contributed by atoms with Crippen LogP contribution in [0, 0.1) is 5.92 Å². The highest BCUT2D eigenvalue weighted by atomic mass is 32.2. The number of primary amides is 1. The molecular formula is C11H18N4OS2. The highest BCUT2D eigenvalue weighted by molar-refractivity contribution is 7.99. The summed E-state index contributed by atoms with van der Waals surface area (Å²) < 4.78 is 4.21. The quantitative estimate of drug-likeness (QED) is 0.820. The Labute approximate surface area is 115 Å². The summed E-state index contributed by atoms with van der Waals surface area (Å²) in [6, 6.07) is 0. The average Bonchev–Trinajstić information content (AvgIpc) is 2.70. The van der Waals surface area contributed by atoms with Crippen molar-refractivity contribution in [3.05, 3.63) is 0 Å². The van der Waals surface area contributed by atoms with Crippen LogP contribution in [0.2, 0.25) is 0 Å². The molecule has 4 N–H and O–H groups in total. The van der Waals surface area contributed by atoms with Crippen LogP contribution in [0.3, 0.4) is 0 Å². The van der Waals surface area contributed by atoms with E-state index in [2.05, 4.69) is 9.27 Å². The van der Waals surface area contributed by atoms with Crippen molar-refractivity contribution in [1.82, 2.24) is 4.37 Å². The van der Waals surface area contributed by atoms with Crippen LogP contribution in [0.15, 0.2) is 4.90 Å². The van der Waals surface area contributed by atoms with Gasteiger partial charge in [0.15, 0.2) is 5.82 Å². The van der Waals surface area contributed by atoms with Gasteiger partial charge in [-0.25, -0.2) is 0 Å². The average molecular weight is 286 g/mol. The van der Waals surface area contributed by atoms with Crippen LogP contribution in [0.5, 0.6) is 0 Å². The summed E-state index contributed by atoms with van der Waals surface area (Å²) in [6.45, 7) is 1.90. The van der Waals surface area contributed by atoms with Crippen molar-refractivity contribution in [3.8, 4) is 0 Å². The van der Waals surface area contributed by atoms with Gasteiger partial charge in [0, 0.05) is 19.5 Å². The Morgan fingerprint density at radius 3 is 2.78 bits per heavy atom. The van der Waals surface area contributed by atoms with E-state index in [1.165, 1.54) is 11.5 Å². The third kappa shape index (κ3) is 2.89. The lowest BCUT2D eigenvalue weighted by atomic mass is 9.93. The number of carbonyl (C=O) groups excluding carboxylic acids is 1. The summed E-state index contributed by atoms with van der Waals surface area (Å²) in [5.41, 5.74) is 11.1. The van der Waals surface area contributed by atoms with E-state index in [1.54, 1.807) is 11.8 Å². The number of rotatable bonds is 4. The lowest BCUT2D eigenvalue weighted by Crippen LogP contribution is -2.34. The maximum atomic E-state index is 10.9. The van der Waals surface area contributed by atoms with Crippen molar-refractivity contribution in [3.63, 3.8) is 0 Å². The minimum Gasteiger partial charge on any atom is -0.382 e. The zero-order chi connectivity index (χ0) is 13.1. The van der Waals surface area contributed by atoms with Gasteiger partial charge < -0.3 is 16.4 Å². The normalized spacial score (nSPS) is 17.1. The number of thioether (sulfide) groups is 1. The highest BCUT2D eigenvalue weighted by Gasteiger charge is 2.24. The molecule has 1 aromatic heterocycles. The Hall–Kier alpha value is -0.950. The first kappa shape index (κ1) is 13.5. The Balaban J connectivity index is 1.99. The molecule has 0 aromatic carbocycles. The predicted octanol–water partition coefficient (Wildman–Crippen LogP) is 1.54. The fraction of sp³-hybridized carbons (Fsp3) is 0.636. The van der Waals surface area contributed by atoms with Gasteiger partial charge in [-0.1, -0.05) is 0 Å². The molecule has 1 aromatic rings. The molecule has 1 aliphatic rings. The van der Waals surface area contributed by atoms with E-state index >= 15 is 0 Å². The van der Waals surface area contributed by atoms with Gasteiger partial charge in [0.2, 0.25) is 5.91 Å². The molecule has 18 heavy (non-hydrogen) atoms. The van der Waals surface area contributed by atoms with Crippen molar-refractivity contribution in [1.29, 1.82) is 0 Å². The molecule has 2 rings (SSSR count). The van der Waals surface area contributed by atoms with Crippen molar-refractivity contribution < 1.29 is 4.79 Å². The monoisotopic (exact) mass is 286 g/mol. The smallest absolute Gasteiger partial charge is 0.217 e. The van der Waals surface area contributed by atoms with Crippen molar-refractivity contribution >= 4 is 40.0 Å². The topological polar surface area (TPSA) is 85.2 Å². The molecule has 1 amide bonds. The van der Waals surface area contributed by atoms with E-state index in [-0.39, 0.29) is 5.91 Å². The number of nitrogens with zero attached hydrogens (tertiary/aromatic N) is 2. The van der Waals surface area contributed by atoms with E-state index in [0.717, 1.165) is 35.8 Å². The van der Waals surface area contributed by atoms with Crippen LogP contribution in [-0.2, 0) is 4.79 Å². The van der Waals surface area contributed by atoms with E-state index in [0.29, 0.717) is 18.2 Å². The van der Waals surface area contributed by atoms with Crippen LogP contribution in [0.25, 0.3) is 0 Å². The second-order valence-corrected chi connectivity index (χ2v) is 6.08. The second-order valence-electron chi connectivity index (χ2n) is 4.51. The zero-order valence-corrected chi connectivity index (χ0v) is 12.0. The summed E-state index contributed by atoms with van der Waals surface area (Å²) in [5.74, 6) is 0.865. The number of carbonyl (C=O) groups is 1. The standard InChI is InChI=1S/C11H18N4OS2/c1-17-9-10(13)14-18-11(9)15-4-2-7(3-5-15)6-8(12)16/h7H,2-6H2,1H3,(H2,12,16)(H2,13,14). The molecule has 2 heterocycles. The molecule has 5 nitrogen and oxygen atoms in total. The van der Waals surface area contributed by atoms with Gasteiger partial charge in [-0.3, -0.25) is 4.79 Å². The molecule has 0 spiro atoms. The largest absolute Gasteiger partial charge is 0.382 e. The first-order chi connectivity index (χ1) is 8.61. The fourth-order valence-corrected chi connectivity index (χ4v) is 4.04. The van der Waals surface area contributed by atoms with Crippen LogP contribution < -0.4 is 16.4 Å². The van der Waals surface area contributed by atoms with Gasteiger partial charge in [0.1, 0.15) is 5.00 Å². The summed E-state index contributed by atoms with van der Waals surface area (Å²) in [5, 5.41) is 1.16. The third-order valence-electron chi connectivity index (χ3n) is 3.25. The lowest BCUT2D eigenvalue weighted by molar-refractivity contribution is -0.119. The molecule has 1 aliphatic heterocycles. The minimum absolute atomic E-state index is 0.194. The van der Waals surface area contributed by atoms with E-state index < -0.39 is 0 Å². The number of piperidine rings is 1. The molecule has 0 saturated carbocycles. The number of hydrogen-bond donors (Lipinski definition) is 2. The van der Waals surface area contributed by atoms with Gasteiger partial charge in [-0.05, 0) is 36.5 Å². The molecule has 100 valence electrons. The van der Waals surface area contributed by atoms with Gasteiger partial charge in [0.05, 0.1) is 4.90 Å². The molecule has 0 aliphatic carbocycles. The van der Waals surface area contributed by atoms with Crippen LogP contribution >= 0.6 is 23.3 Å². The lowest BCUT2D eigenvalue weighted by Gasteiger charge is -2.32. The van der Waals surface area contributed by atoms with Gasteiger partial charge in [-0.2, -0.15) is 4.37 Å². The first-order valence-electron chi connectivity index (χ1n) is 5.94. The fourth-order valence-electron chi connectivity index (χ4n) is 2.30. The Morgan fingerprint density at radius 2 is 2.22 bits per heavy atom. The van der Waals surface area contributed by atoms with E-state index in [9.17, 15) is 4.79 Å². The Kier molecular flexibility index (Phi) is 4.34. The summed E-state index contributed by atoms with van der Waals surface area (Å²) in [6.07, 6.45) is 4.54. The molecule has 0 atom stereocenters. The third-order valence-corrected chi connectivity index (χ3v) is 5.12. The molecule has 0 unspecified atom stereocenters. The van der Waals surface area contributed by atoms with Gasteiger partial charge in [0.25, 0.3) is 0 Å². The molecular weight excluding hydrogens is 268 g/mol. The summed E-state index contributed by atoms with van der Waals surface area (Å²) >= 11 is 3.10. The number of amides is 1.